The number of aromatic nitrogens is 4. The topological polar surface area (TPSA) is 34.6 Å². The number of rotatable bonds is 1. The highest BCUT2D eigenvalue weighted by Crippen LogP contribution is 2.43. The predicted molar refractivity (Wildman–Crippen MR) is 244 cm³/mol. The van der Waals surface area contributed by atoms with Gasteiger partial charge in [-0.2, -0.15) is 0 Å². The Labute approximate surface area is 331 Å². The smallest absolute Gasteiger partial charge is 0.146 e. The molecule has 1 aliphatic rings. The van der Waals surface area contributed by atoms with E-state index in [0.717, 1.165) is 51.6 Å². The molecule has 0 atom stereocenters. The molecular formula is C54H32N4. The lowest BCUT2D eigenvalue weighted by molar-refractivity contribution is 0.999. The summed E-state index contributed by atoms with van der Waals surface area (Å²) < 4.78 is 4.86. The van der Waals surface area contributed by atoms with Crippen LogP contribution in [0.3, 0.4) is 0 Å². The third-order valence-corrected chi connectivity index (χ3v) is 13.1. The monoisotopic (exact) mass is 736 g/mol. The van der Waals surface area contributed by atoms with Crippen molar-refractivity contribution in [1.82, 2.24) is 18.8 Å². The summed E-state index contributed by atoms with van der Waals surface area (Å²) in [4.78, 5) is 10.9. The summed E-state index contributed by atoms with van der Waals surface area (Å²) in [5.41, 5.74) is 13.9. The Hall–Kier alpha value is -7.56. The van der Waals surface area contributed by atoms with Crippen LogP contribution < -0.4 is 0 Å². The number of nitrogens with zero attached hydrogens (tertiary/aromatic N) is 4. The van der Waals surface area contributed by atoms with Gasteiger partial charge < -0.3 is 0 Å². The number of hydrogen-bond donors (Lipinski definition) is 0. The Morgan fingerprint density at radius 1 is 0.379 bits per heavy atom. The van der Waals surface area contributed by atoms with E-state index in [2.05, 4.69) is 179 Å². The Balaban J connectivity index is 1.08. The van der Waals surface area contributed by atoms with Crippen LogP contribution in [0.5, 0.6) is 0 Å². The van der Waals surface area contributed by atoms with Crippen molar-refractivity contribution in [1.29, 1.82) is 0 Å². The van der Waals surface area contributed by atoms with Crippen molar-refractivity contribution in [2.45, 2.75) is 12.8 Å². The molecule has 0 spiro atoms. The third-order valence-electron chi connectivity index (χ3n) is 13.1. The van der Waals surface area contributed by atoms with Crippen LogP contribution in [-0.4, -0.2) is 18.8 Å². The molecule has 14 rings (SSSR count). The van der Waals surface area contributed by atoms with Crippen molar-refractivity contribution in [3.05, 3.63) is 175 Å². The Morgan fingerprint density at radius 2 is 0.810 bits per heavy atom. The molecule has 0 fully saturated rings. The molecule has 0 bridgehead atoms. The fourth-order valence-electron chi connectivity index (χ4n) is 10.6. The highest BCUT2D eigenvalue weighted by atomic mass is 15.0. The maximum absolute atomic E-state index is 5.47. The molecule has 4 heteroatoms. The van der Waals surface area contributed by atoms with E-state index in [1.165, 1.54) is 92.5 Å². The second-order valence-electron chi connectivity index (χ2n) is 16.0. The largest absolute Gasteiger partial charge is 0.291 e. The Kier molecular flexibility index (Phi) is 5.84. The van der Waals surface area contributed by atoms with Crippen LogP contribution in [-0.2, 0) is 6.42 Å². The van der Waals surface area contributed by atoms with Gasteiger partial charge in [0.05, 0.1) is 33.1 Å². The van der Waals surface area contributed by atoms with Gasteiger partial charge >= 0.3 is 0 Å². The average molecular weight is 737 g/mol. The summed E-state index contributed by atoms with van der Waals surface area (Å²) in [5, 5.41) is 14.6. The van der Waals surface area contributed by atoms with E-state index in [9.17, 15) is 0 Å². The second kappa shape index (κ2) is 11.1. The van der Waals surface area contributed by atoms with E-state index in [1.54, 1.807) is 0 Å². The molecule has 0 unspecified atom stereocenters. The normalized spacial score (nSPS) is 13.3. The van der Waals surface area contributed by atoms with Gasteiger partial charge in [0, 0.05) is 43.3 Å². The van der Waals surface area contributed by atoms with Crippen LogP contribution in [0.2, 0.25) is 0 Å². The number of imidazole rings is 2. The van der Waals surface area contributed by atoms with Gasteiger partial charge in [0.1, 0.15) is 11.3 Å². The number of fused-ring (bicyclic) bond motifs is 26. The molecule has 0 saturated carbocycles. The first-order chi connectivity index (χ1) is 28.8. The summed E-state index contributed by atoms with van der Waals surface area (Å²) in [6, 6.07) is 57.9. The van der Waals surface area contributed by atoms with Crippen molar-refractivity contribution in [3.8, 4) is 11.1 Å². The van der Waals surface area contributed by atoms with Gasteiger partial charge in [0.25, 0.3) is 0 Å². The minimum Gasteiger partial charge on any atom is -0.291 e. The van der Waals surface area contributed by atoms with Gasteiger partial charge in [-0.15, -0.1) is 0 Å². The van der Waals surface area contributed by atoms with Gasteiger partial charge in [-0.3, -0.25) is 8.80 Å². The molecule has 58 heavy (non-hydrogen) atoms. The molecule has 0 saturated heterocycles. The number of hydrogen-bond acceptors (Lipinski definition) is 2. The summed E-state index contributed by atoms with van der Waals surface area (Å²) in [7, 11) is 0. The summed E-state index contributed by atoms with van der Waals surface area (Å²) >= 11 is 0. The van der Waals surface area contributed by atoms with Gasteiger partial charge in [-0.1, -0.05) is 146 Å². The molecule has 268 valence electrons. The number of pyridine rings is 2. The quantitative estimate of drug-likeness (QED) is 0.157. The number of allylic oxidation sites excluding steroid dienone is 1. The summed E-state index contributed by atoms with van der Waals surface area (Å²) in [6.07, 6.45) is 6.76. The van der Waals surface area contributed by atoms with E-state index >= 15 is 0 Å². The SMILES string of the molecule is C1=Cc2c(c3ccccc3c3nc4c5ccccc5c5cc(-c6ccc7c(c6)c6ccccc6c6nc8c9ccccc9c9ccccc9c8n76)ccc5n4c23)CC1. The first kappa shape index (κ1) is 30.6. The molecule has 0 radical (unpaired) electrons. The lowest BCUT2D eigenvalue weighted by Crippen LogP contribution is -2.00. The average Bonchev–Trinajstić information content (AvgIpc) is 3.91. The standard InChI is InChI=1S/C54H32N4/c1-7-19-39-33(13-1)35-15-3-9-21-41(35)51-49(39)55-53-43-23-11-5-17-37(43)45-29-31(25-27-47(45)57(51)53)32-26-28-48-46(30-32)38-18-6-12-24-44(38)54-56-50-40-20-8-2-14-34(40)36-16-4-10-22-42(36)52(50)58(48)54/h1-3,5-15,17-30H,4,16H2. The van der Waals surface area contributed by atoms with Crippen LogP contribution in [0.4, 0.5) is 0 Å². The van der Waals surface area contributed by atoms with E-state index in [1.807, 2.05) is 0 Å². The summed E-state index contributed by atoms with van der Waals surface area (Å²) in [6.45, 7) is 0. The first-order valence-corrected chi connectivity index (χ1v) is 20.2. The van der Waals surface area contributed by atoms with Crippen LogP contribution >= 0.6 is 0 Å². The Bertz CT molecular complexity index is 4030. The third kappa shape index (κ3) is 3.84. The van der Waals surface area contributed by atoms with Gasteiger partial charge in [0.2, 0.25) is 0 Å². The van der Waals surface area contributed by atoms with E-state index < -0.39 is 0 Å². The zero-order valence-corrected chi connectivity index (χ0v) is 31.4. The maximum Gasteiger partial charge on any atom is 0.146 e. The van der Waals surface area contributed by atoms with Gasteiger partial charge in [-0.05, 0) is 80.7 Å². The highest BCUT2D eigenvalue weighted by Gasteiger charge is 2.23. The molecule has 4 nitrogen and oxygen atoms in total. The Morgan fingerprint density at radius 3 is 1.40 bits per heavy atom. The van der Waals surface area contributed by atoms with E-state index in [0.29, 0.717) is 0 Å². The fourth-order valence-corrected chi connectivity index (χ4v) is 10.6. The molecule has 4 aromatic heterocycles. The van der Waals surface area contributed by atoms with Crippen LogP contribution in [0.25, 0.3) is 126 Å². The van der Waals surface area contributed by atoms with Crippen molar-refractivity contribution in [2.24, 2.45) is 0 Å². The molecular weight excluding hydrogens is 705 g/mol. The van der Waals surface area contributed by atoms with Crippen LogP contribution in [0.15, 0.2) is 164 Å². The first-order valence-electron chi connectivity index (χ1n) is 20.2. The maximum atomic E-state index is 5.47. The molecule has 9 aromatic carbocycles. The van der Waals surface area contributed by atoms with Gasteiger partial charge in [-0.25, -0.2) is 9.97 Å². The summed E-state index contributed by atoms with van der Waals surface area (Å²) in [5.74, 6) is 0. The van der Waals surface area contributed by atoms with Gasteiger partial charge in [0.15, 0.2) is 0 Å². The van der Waals surface area contributed by atoms with E-state index in [4.69, 9.17) is 9.97 Å². The molecule has 4 heterocycles. The number of benzene rings is 9. The fraction of sp³-hybridized carbons (Fsp3) is 0.0370. The number of aryl methyl sites for hydroxylation is 1. The molecule has 0 aliphatic heterocycles. The molecule has 0 N–H and O–H groups in total. The second-order valence-corrected chi connectivity index (χ2v) is 16.0. The van der Waals surface area contributed by atoms with Crippen LogP contribution in [0.1, 0.15) is 17.5 Å². The predicted octanol–water partition coefficient (Wildman–Crippen LogP) is 14.0. The van der Waals surface area contributed by atoms with E-state index in [-0.39, 0.29) is 0 Å². The zero-order valence-electron chi connectivity index (χ0n) is 31.4. The lowest BCUT2D eigenvalue weighted by atomic mass is 9.90. The van der Waals surface area contributed by atoms with Crippen molar-refractivity contribution in [2.75, 3.05) is 0 Å². The van der Waals surface area contributed by atoms with Crippen LogP contribution in [0, 0.1) is 0 Å². The molecule has 0 amide bonds. The minimum absolute atomic E-state index is 0.992. The molecule has 13 aromatic rings. The zero-order chi connectivity index (χ0) is 37.6. The molecule has 1 aliphatic carbocycles. The van der Waals surface area contributed by atoms with Crippen molar-refractivity contribution in [3.63, 3.8) is 0 Å². The lowest BCUT2D eigenvalue weighted by Gasteiger charge is -2.17. The minimum atomic E-state index is 0.992. The van der Waals surface area contributed by atoms with Crippen molar-refractivity contribution < 1.29 is 0 Å². The highest BCUT2D eigenvalue weighted by molar-refractivity contribution is 6.27. The van der Waals surface area contributed by atoms with Crippen molar-refractivity contribution >= 4 is 115 Å².